The molecule has 6 nitrogen and oxygen atoms in total. The van der Waals surface area contributed by atoms with Crippen LogP contribution in [0.15, 0.2) is 48.6 Å². The van der Waals surface area contributed by atoms with Crippen molar-refractivity contribution in [2.45, 2.75) is 82.4 Å². The SMILES string of the molecule is CC/C=C\C/C=C\C/C=C\C[C@H](O)/C=C/[C@H]1O[C@@H]([C@H](O)CCC(=O)O)C[C@@H]1O. The number of rotatable bonds is 13. The van der Waals surface area contributed by atoms with Crippen LogP contribution in [0.1, 0.15) is 51.9 Å². The summed E-state index contributed by atoms with van der Waals surface area (Å²) in [5.41, 5.74) is 0. The van der Waals surface area contributed by atoms with E-state index in [4.69, 9.17) is 9.84 Å². The molecule has 1 aliphatic rings. The van der Waals surface area contributed by atoms with Gasteiger partial charge >= 0.3 is 5.97 Å². The van der Waals surface area contributed by atoms with Gasteiger partial charge in [-0.15, -0.1) is 0 Å². The molecule has 0 aromatic carbocycles. The van der Waals surface area contributed by atoms with E-state index >= 15 is 0 Å². The van der Waals surface area contributed by atoms with Crippen molar-refractivity contribution in [1.82, 2.24) is 0 Å². The lowest BCUT2D eigenvalue weighted by molar-refractivity contribution is -0.138. The molecule has 6 heteroatoms. The van der Waals surface area contributed by atoms with Gasteiger partial charge in [0.2, 0.25) is 0 Å². The molecule has 0 bridgehead atoms. The first-order chi connectivity index (χ1) is 13.4. The van der Waals surface area contributed by atoms with Crippen molar-refractivity contribution in [2.75, 3.05) is 0 Å². The van der Waals surface area contributed by atoms with Crippen molar-refractivity contribution < 1.29 is 30.0 Å². The largest absolute Gasteiger partial charge is 0.481 e. The molecule has 1 heterocycles. The quantitative estimate of drug-likeness (QED) is 0.358. The van der Waals surface area contributed by atoms with Gasteiger partial charge in [-0.2, -0.15) is 0 Å². The number of hydrogen-bond acceptors (Lipinski definition) is 5. The summed E-state index contributed by atoms with van der Waals surface area (Å²) in [6.07, 6.45) is 15.4. The summed E-state index contributed by atoms with van der Waals surface area (Å²) in [6.45, 7) is 2.10. The standard InChI is InChI=1S/C22H34O6/c1-2-3-4-5-6-7-8-9-10-11-17(23)12-14-20-19(25)16-21(28-20)18(24)13-15-22(26)27/h3-4,6-7,9-10,12,14,17-21,23-25H,2,5,8,11,13,15-16H2,1H3,(H,26,27)/b4-3-,7-6-,10-9-,14-12+/t17-,18+,19-,20+,21+/m0/s1. The second-order valence-corrected chi connectivity index (χ2v) is 6.92. The first kappa shape index (κ1) is 24.3. The van der Waals surface area contributed by atoms with E-state index in [1.165, 1.54) is 0 Å². The summed E-state index contributed by atoms with van der Waals surface area (Å²) in [5, 5.41) is 38.7. The number of carbonyl (C=O) groups is 1. The van der Waals surface area contributed by atoms with Crippen LogP contribution in [-0.2, 0) is 9.53 Å². The normalized spacial score (nSPS) is 25.5. The van der Waals surface area contributed by atoms with E-state index in [0.717, 1.165) is 19.3 Å². The number of carboxylic acid groups (broad SMARTS) is 1. The Morgan fingerprint density at radius 2 is 1.75 bits per heavy atom. The van der Waals surface area contributed by atoms with Crippen LogP contribution in [0.4, 0.5) is 0 Å². The maximum Gasteiger partial charge on any atom is 0.303 e. The maximum atomic E-state index is 10.6. The summed E-state index contributed by atoms with van der Waals surface area (Å²) in [4.78, 5) is 10.6. The topological polar surface area (TPSA) is 107 Å². The van der Waals surface area contributed by atoms with Crippen molar-refractivity contribution in [2.24, 2.45) is 0 Å². The van der Waals surface area contributed by atoms with E-state index in [9.17, 15) is 20.1 Å². The molecule has 1 aliphatic heterocycles. The molecular formula is C22H34O6. The van der Waals surface area contributed by atoms with Gasteiger partial charge in [-0.25, -0.2) is 0 Å². The number of ether oxygens (including phenoxy) is 1. The minimum atomic E-state index is -0.978. The summed E-state index contributed by atoms with van der Waals surface area (Å²) in [5.74, 6) is -0.978. The molecule has 28 heavy (non-hydrogen) atoms. The van der Waals surface area contributed by atoms with Crippen molar-refractivity contribution in [3.05, 3.63) is 48.6 Å². The lowest BCUT2D eigenvalue weighted by Gasteiger charge is -2.17. The van der Waals surface area contributed by atoms with E-state index in [-0.39, 0.29) is 19.3 Å². The Kier molecular flexibility index (Phi) is 12.4. The van der Waals surface area contributed by atoms with Crippen molar-refractivity contribution in [3.8, 4) is 0 Å². The van der Waals surface area contributed by atoms with E-state index in [0.29, 0.717) is 6.42 Å². The minimum absolute atomic E-state index is 0.0832. The number of allylic oxidation sites excluding steroid dienone is 5. The Bertz CT molecular complexity index is 551. The molecule has 1 fully saturated rings. The van der Waals surface area contributed by atoms with Crippen molar-refractivity contribution in [1.29, 1.82) is 0 Å². The second kappa shape index (κ2) is 14.3. The Morgan fingerprint density at radius 1 is 1.11 bits per heavy atom. The highest BCUT2D eigenvalue weighted by atomic mass is 16.5. The van der Waals surface area contributed by atoms with E-state index in [1.54, 1.807) is 12.2 Å². The highest BCUT2D eigenvalue weighted by Gasteiger charge is 2.36. The van der Waals surface area contributed by atoms with Gasteiger partial charge in [0, 0.05) is 12.8 Å². The Balaban J connectivity index is 2.29. The minimum Gasteiger partial charge on any atom is -0.481 e. The molecule has 0 spiro atoms. The molecule has 0 aromatic heterocycles. The molecule has 4 N–H and O–H groups in total. The highest BCUT2D eigenvalue weighted by Crippen LogP contribution is 2.25. The Labute approximate surface area is 167 Å². The zero-order valence-electron chi connectivity index (χ0n) is 16.6. The molecule has 0 radical (unpaired) electrons. The van der Waals surface area contributed by atoms with Crippen LogP contribution >= 0.6 is 0 Å². The average Bonchev–Trinajstić information content (AvgIpc) is 3.04. The third-order valence-electron chi connectivity index (χ3n) is 4.45. The first-order valence-corrected chi connectivity index (χ1v) is 9.98. The van der Waals surface area contributed by atoms with E-state index < -0.39 is 36.5 Å². The number of aliphatic carboxylic acids is 1. The molecular weight excluding hydrogens is 360 g/mol. The van der Waals surface area contributed by atoms with Gasteiger partial charge in [0.05, 0.1) is 24.4 Å². The van der Waals surface area contributed by atoms with E-state index in [1.807, 2.05) is 12.2 Å². The molecule has 158 valence electrons. The maximum absolute atomic E-state index is 10.6. The third-order valence-corrected chi connectivity index (χ3v) is 4.45. The molecule has 1 saturated heterocycles. The van der Waals surface area contributed by atoms with Crippen LogP contribution in [0, 0.1) is 0 Å². The van der Waals surface area contributed by atoms with Gasteiger partial charge in [-0.05, 0) is 32.1 Å². The third kappa shape index (κ3) is 10.6. The van der Waals surface area contributed by atoms with Crippen LogP contribution < -0.4 is 0 Å². The molecule has 0 aliphatic carbocycles. The molecule has 1 rings (SSSR count). The van der Waals surface area contributed by atoms with Crippen LogP contribution in [0.3, 0.4) is 0 Å². The zero-order valence-corrected chi connectivity index (χ0v) is 16.6. The highest BCUT2D eigenvalue weighted by molar-refractivity contribution is 5.66. The fourth-order valence-electron chi connectivity index (χ4n) is 2.86. The molecule has 0 saturated carbocycles. The Morgan fingerprint density at radius 3 is 2.39 bits per heavy atom. The summed E-state index contributed by atoms with van der Waals surface area (Å²) >= 11 is 0. The monoisotopic (exact) mass is 394 g/mol. The predicted molar refractivity (Wildman–Crippen MR) is 109 cm³/mol. The molecule has 0 amide bonds. The van der Waals surface area contributed by atoms with Gasteiger partial charge in [0.15, 0.2) is 0 Å². The number of aliphatic hydroxyl groups is 3. The lowest BCUT2D eigenvalue weighted by Crippen LogP contribution is -2.26. The van der Waals surface area contributed by atoms with Crippen LogP contribution in [0.2, 0.25) is 0 Å². The zero-order chi connectivity index (χ0) is 20.8. The van der Waals surface area contributed by atoms with Crippen LogP contribution in [0.25, 0.3) is 0 Å². The second-order valence-electron chi connectivity index (χ2n) is 6.92. The smallest absolute Gasteiger partial charge is 0.303 e. The molecule has 0 aromatic rings. The van der Waals surface area contributed by atoms with Gasteiger partial charge in [0.25, 0.3) is 0 Å². The fraction of sp³-hybridized carbons (Fsp3) is 0.591. The number of carboxylic acids is 1. The van der Waals surface area contributed by atoms with Gasteiger partial charge in [0.1, 0.15) is 6.10 Å². The van der Waals surface area contributed by atoms with Gasteiger partial charge < -0.3 is 25.2 Å². The average molecular weight is 395 g/mol. The molecule has 5 atom stereocenters. The number of hydrogen-bond donors (Lipinski definition) is 4. The lowest BCUT2D eigenvalue weighted by atomic mass is 10.0. The predicted octanol–water partition coefficient (Wildman–Crippen LogP) is 2.90. The fourth-order valence-corrected chi connectivity index (χ4v) is 2.86. The summed E-state index contributed by atoms with van der Waals surface area (Å²) in [7, 11) is 0. The van der Waals surface area contributed by atoms with Crippen LogP contribution in [0.5, 0.6) is 0 Å². The van der Waals surface area contributed by atoms with Crippen molar-refractivity contribution >= 4 is 5.97 Å². The first-order valence-electron chi connectivity index (χ1n) is 9.98. The van der Waals surface area contributed by atoms with Crippen molar-refractivity contribution in [3.63, 3.8) is 0 Å². The van der Waals surface area contributed by atoms with Gasteiger partial charge in [-0.3, -0.25) is 4.79 Å². The molecule has 0 unspecified atom stereocenters. The number of aliphatic hydroxyl groups excluding tert-OH is 3. The van der Waals surface area contributed by atoms with E-state index in [2.05, 4.69) is 31.2 Å². The summed E-state index contributed by atoms with van der Waals surface area (Å²) < 4.78 is 5.59. The summed E-state index contributed by atoms with van der Waals surface area (Å²) in [6, 6.07) is 0. The van der Waals surface area contributed by atoms with Gasteiger partial charge in [-0.1, -0.05) is 55.5 Å². The Hall–Kier alpha value is -1.73. The van der Waals surface area contributed by atoms with Crippen LogP contribution in [-0.4, -0.2) is 56.9 Å².